The van der Waals surface area contributed by atoms with Gasteiger partial charge in [0.15, 0.2) is 0 Å². The van der Waals surface area contributed by atoms with Gasteiger partial charge >= 0.3 is 0 Å². The molecular weight excluding hydrogens is 316 g/mol. The maximum Gasteiger partial charge on any atom is 0.146 e. The normalized spacial score (nSPS) is 10.4. The smallest absolute Gasteiger partial charge is 0.146 e. The van der Waals surface area contributed by atoms with E-state index in [9.17, 15) is 0 Å². The van der Waals surface area contributed by atoms with Crippen LogP contribution in [0.4, 0.5) is 0 Å². The number of ether oxygens (including phenoxy) is 1. The number of benzene rings is 1. The quantitative estimate of drug-likeness (QED) is 0.929. The van der Waals surface area contributed by atoms with Crippen molar-refractivity contribution < 1.29 is 4.74 Å². The van der Waals surface area contributed by atoms with Crippen molar-refractivity contribution in [2.24, 2.45) is 5.73 Å². The van der Waals surface area contributed by atoms with Crippen LogP contribution in [0.1, 0.15) is 5.56 Å². The molecule has 0 fully saturated rings. The van der Waals surface area contributed by atoms with E-state index in [1.807, 2.05) is 24.3 Å². The molecule has 94 valence electrons. The molecule has 5 heteroatoms. The lowest BCUT2D eigenvalue weighted by Crippen LogP contribution is -2.04. The Labute approximate surface area is 119 Å². The Morgan fingerprint density at radius 2 is 2.17 bits per heavy atom. The first kappa shape index (κ1) is 13.3. The van der Waals surface area contributed by atoms with Crippen molar-refractivity contribution in [1.82, 2.24) is 4.98 Å². The molecule has 18 heavy (non-hydrogen) atoms. The standard InChI is InChI=1S/C13H12BrClN2O/c14-9-6-10(8-17-7-9)18-13-3-1-2-12(15)11(13)4-5-16/h1-3,6-8H,4-5,16H2. The van der Waals surface area contributed by atoms with E-state index in [1.165, 1.54) is 0 Å². The first-order chi connectivity index (χ1) is 8.70. The Morgan fingerprint density at radius 3 is 2.89 bits per heavy atom. The molecule has 0 unspecified atom stereocenters. The molecule has 0 aliphatic rings. The third kappa shape index (κ3) is 3.22. The number of hydrogen-bond donors (Lipinski definition) is 1. The second-order valence-electron chi connectivity index (χ2n) is 3.70. The van der Waals surface area contributed by atoms with Crippen molar-refractivity contribution in [3.63, 3.8) is 0 Å². The van der Waals surface area contributed by atoms with E-state index in [2.05, 4.69) is 20.9 Å². The maximum atomic E-state index is 6.15. The number of nitrogens with zero attached hydrogens (tertiary/aromatic N) is 1. The first-order valence-electron chi connectivity index (χ1n) is 5.46. The highest BCUT2D eigenvalue weighted by Gasteiger charge is 2.08. The fourth-order valence-electron chi connectivity index (χ4n) is 1.60. The van der Waals surface area contributed by atoms with Gasteiger partial charge in [-0.2, -0.15) is 0 Å². The van der Waals surface area contributed by atoms with E-state index in [1.54, 1.807) is 12.4 Å². The van der Waals surface area contributed by atoms with Crippen molar-refractivity contribution in [1.29, 1.82) is 0 Å². The van der Waals surface area contributed by atoms with Gasteiger partial charge in [-0.05, 0) is 47.1 Å². The van der Waals surface area contributed by atoms with Crippen molar-refractivity contribution >= 4 is 27.5 Å². The van der Waals surface area contributed by atoms with E-state index in [4.69, 9.17) is 22.1 Å². The average Bonchev–Trinajstić information content (AvgIpc) is 2.34. The fraction of sp³-hybridized carbons (Fsp3) is 0.154. The lowest BCUT2D eigenvalue weighted by Gasteiger charge is -2.11. The maximum absolute atomic E-state index is 6.15. The van der Waals surface area contributed by atoms with Crippen molar-refractivity contribution in [2.75, 3.05) is 6.54 Å². The Morgan fingerprint density at radius 1 is 1.33 bits per heavy atom. The first-order valence-corrected chi connectivity index (χ1v) is 6.63. The summed E-state index contributed by atoms with van der Waals surface area (Å²) in [5, 5.41) is 0.668. The summed E-state index contributed by atoms with van der Waals surface area (Å²) >= 11 is 9.50. The van der Waals surface area contributed by atoms with Crippen LogP contribution in [0.15, 0.2) is 41.1 Å². The average molecular weight is 328 g/mol. The molecule has 3 nitrogen and oxygen atoms in total. The van der Waals surface area contributed by atoms with Crippen LogP contribution in [-0.4, -0.2) is 11.5 Å². The fourth-order valence-corrected chi connectivity index (χ4v) is 2.20. The van der Waals surface area contributed by atoms with Crippen molar-refractivity contribution in [3.8, 4) is 11.5 Å². The van der Waals surface area contributed by atoms with Gasteiger partial charge in [-0.1, -0.05) is 17.7 Å². The topological polar surface area (TPSA) is 48.1 Å². The van der Waals surface area contributed by atoms with E-state index < -0.39 is 0 Å². The summed E-state index contributed by atoms with van der Waals surface area (Å²) in [6.45, 7) is 0.525. The molecule has 2 N–H and O–H groups in total. The van der Waals surface area contributed by atoms with Crippen molar-refractivity contribution in [3.05, 3.63) is 51.7 Å². The summed E-state index contributed by atoms with van der Waals surface area (Å²) < 4.78 is 6.65. The minimum atomic E-state index is 0.525. The van der Waals surface area contributed by atoms with Crippen LogP contribution >= 0.6 is 27.5 Å². The van der Waals surface area contributed by atoms with Gasteiger partial charge in [0.05, 0.1) is 6.20 Å². The molecule has 1 aromatic heterocycles. The van der Waals surface area contributed by atoms with Crippen LogP contribution in [0.25, 0.3) is 0 Å². The number of pyridine rings is 1. The molecule has 0 atom stereocenters. The number of halogens is 2. The predicted octanol–water partition coefficient (Wildman–Crippen LogP) is 3.79. The second kappa shape index (κ2) is 6.18. The molecule has 0 amide bonds. The van der Waals surface area contributed by atoms with Crippen LogP contribution < -0.4 is 10.5 Å². The summed E-state index contributed by atoms with van der Waals surface area (Å²) in [6, 6.07) is 7.40. The molecule has 1 heterocycles. The van der Waals surface area contributed by atoms with Gasteiger partial charge in [0.2, 0.25) is 0 Å². The van der Waals surface area contributed by atoms with Gasteiger partial charge in [0.1, 0.15) is 11.5 Å². The van der Waals surface area contributed by atoms with E-state index in [0.29, 0.717) is 29.5 Å². The van der Waals surface area contributed by atoms with E-state index in [-0.39, 0.29) is 0 Å². The Hall–Kier alpha value is -1.10. The van der Waals surface area contributed by atoms with Crippen LogP contribution in [-0.2, 0) is 6.42 Å². The molecule has 0 aliphatic heterocycles. The summed E-state index contributed by atoms with van der Waals surface area (Å²) in [4.78, 5) is 4.05. The molecule has 0 saturated heterocycles. The van der Waals surface area contributed by atoms with Crippen LogP contribution in [0.3, 0.4) is 0 Å². The zero-order valence-electron chi connectivity index (χ0n) is 9.57. The van der Waals surface area contributed by atoms with Gasteiger partial charge < -0.3 is 10.5 Å². The molecule has 0 bridgehead atoms. The number of aromatic nitrogens is 1. The highest BCUT2D eigenvalue weighted by molar-refractivity contribution is 9.10. The van der Waals surface area contributed by atoms with E-state index in [0.717, 1.165) is 10.0 Å². The molecule has 2 aromatic rings. The Kier molecular flexibility index (Phi) is 4.58. The van der Waals surface area contributed by atoms with Gasteiger partial charge in [0.25, 0.3) is 0 Å². The van der Waals surface area contributed by atoms with Crippen LogP contribution in [0.2, 0.25) is 5.02 Å². The monoisotopic (exact) mass is 326 g/mol. The zero-order valence-corrected chi connectivity index (χ0v) is 11.9. The molecular formula is C13H12BrClN2O. The summed E-state index contributed by atoms with van der Waals surface area (Å²) in [7, 11) is 0. The summed E-state index contributed by atoms with van der Waals surface area (Å²) in [6.07, 6.45) is 4.03. The van der Waals surface area contributed by atoms with E-state index >= 15 is 0 Å². The highest BCUT2D eigenvalue weighted by atomic mass is 79.9. The largest absolute Gasteiger partial charge is 0.455 e. The summed E-state index contributed by atoms with van der Waals surface area (Å²) in [5.74, 6) is 1.37. The molecule has 0 aliphatic carbocycles. The SMILES string of the molecule is NCCc1c(Cl)cccc1Oc1cncc(Br)c1. The van der Waals surface area contributed by atoms with Crippen LogP contribution in [0.5, 0.6) is 11.5 Å². The van der Waals surface area contributed by atoms with Gasteiger partial charge in [-0.3, -0.25) is 4.98 Å². The Bertz CT molecular complexity index is 548. The lowest BCUT2D eigenvalue weighted by atomic mass is 10.1. The predicted molar refractivity (Wildman–Crippen MR) is 76.2 cm³/mol. The summed E-state index contributed by atoms with van der Waals surface area (Å²) in [5.41, 5.74) is 6.50. The molecule has 0 spiro atoms. The lowest BCUT2D eigenvalue weighted by molar-refractivity contribution is 0.473. The van der Waals surface area contributed by atoms with Gasteiger partial charge in [-0.25, -0.2) is 0 Å². The number of nitrogens with two attached hydrogens (primary N) is 1. The van der Waals surface area contributed by atoms with Crippen molar-refractivity contribution in [2.45, 2.75) is 6.42 Å². The van der Waals surface area contributed by atoms with Gasteiger partial charge in [0, 0.05) is 21.3 Å². The van der Waals surface area contributed by atoms with Crippen LogP contribution in [0, 0.1) is 0 Å². The van der Waals surface area contributed by atoms with Gasteiger partial charge in [-0.15, -0.1) is 0 Å². The zero-order chi connectivity index (χ0) is 13.0. The minimum absolute atomic E-state index is 0.525. The minimum Gasteiger partial charge on any atom is -0.455 e. The molecule has 1 aromatic carbocycles. The molecule has 0 radical (unpaired) electrons. The third-order valence-electron chi connectivity index (χ3n) is 2.38. The second-order valence-corrected chi connectivity index (χ2v) is 5.02. The molecule has 0 saturated carbocycles. The Balaban J connectivity index is 2.31. The number of hydrogen-bond acceptors (Lipinski definition) is 3. The highest BCUT2D eigenvalue weighted by Crippen LogP contribution is 2.31. The third-order valence-corrected chi connectivity index (χ3v) is 3.17. The molecule has 2 rings (SSSR count). The number of rotatable bonds is 4.